The molecule has 1 heterocycles. The van der Waals surface area contributed by atoms with Crippen molar-refractivity contribution in [1.82, 2.24) is 0 Å². The Bertz CT molecular complexity index is 3530. The third kappa shape index (κ3) is 5.26. The maximum atomic E-state index is 9.79. The Balaban J connectivity index is 1.24. The zero-order valence-electron chi connectivity index (χ0n) is 37.9. The standard InChI is InChI=1S/C54H35NO/c1-3-17-43-36(12-1)14-9-21-45(43)38-26-31-41(32-27-38)55(42-33-28-39(29-34-42)46-22-10-15-37-13-2-4-18-44(37)46)51-24-7-5-19-47(51)49-23-11-16-40-30-35-50-48-20-6-8-25-52(48)56-54(50)53(40)49/h1-35H/i26D,27D,28D,29D,31D,32D,33D,34D. The topological polar surface area (TPSA) is 16.4 Å². The zero-order valence-corrected chi connectivity index (χ0v) is 29.9. The van der Waals surface area contributed by atoms with Gasteiger partial charge in [-0.3, -0.25) is 0 Å². The Kier molecular flexibility index (Phi) is 5.83. The summed E-state index contributed by atoms with van der Waals surface area (Å²) in [4.78, 5) is 1.40. The summed E-state index contributed by atoms with van der Waals surface area (Å²) in [5, 5.41) is 6.82. The Hall–Kier alpha value is -7.42. The predicted octanol–water partition coefficient (Wildman–Crippen LogP) is 15.5. The SMILES string of the molecule is [2H]c1c([2H])c(N(c2ccccc2-c2cccc3ccc4c5ccccc5oc4c23)c2c([2H])c([2H])c(-c3cccc4ccccc34)c([2H])c2[2H])c([2H])c([2H])c1-c1cccc2ccccc12. The molecule has 0 radical (unpaired) electrons. The maximum Gasteiger partial charge on any atom is 0.143 e. The highest BCUT2D eigenvalue weighted by molar-refractivity contribution is 6.19. The van der Waals surface area contributed by atoms with Crippen molar-refractivity contribution in [3.63, 3.8) is 0 Å². The molecule has 0 atom stereocenters. The van der Waals surface area contributed by atoms with Crippen molar-refractivity contribution in [3.05, 3.63) is 212 Å². The van der Waals surface area contributed by atoms with Crippen molar-refractivity contribution in [3.8, 4) is 33.4 Å². The average molecular weight is 722 g/mol. The molecule has 0 bridgehead atoms. The molecule has 11 rings (SSSR count). The molecular formula is C54H35NO. The Morgan fingerprint density at radius 3 is 1.48 bits per heavy atom. The summed E-state index contributed by atoms with van der Waals surface area (Å²) >= 11 is 0. The van der Waals surface area contributed by atoms with Gasteiger partial charge in [0, 0.05) is 33.1 Å². The molecule has 0 unspecified atom stereocenters. The molecule has 0 aliphatic heterocycles. The fourth-order valence-electron chi connectivity index (χ4n) is 8.02. The number of rotatable bonds is 6. The van der Waals surface area contributed by atoms with E-state index >= 15 is 0 Å². The van der Waals surface area contributed by atoms with Crippen LogP contribution >= 0.6 is 0 Å². The highest BCUT2D eigenvalue weighted by Gasteiger charge is 2.21. The molecule has 262 valence electrons. The summed E-state index contributed by atoms with van der Waals surface area (Å²) in [5.41, 5.74) is 3.82. The first-order valence-corrected chi connectivity index (χ1v) is 18.5. The van der Waals surface area contributed by atoms with Crippen LogP contribution in [0, 0.1) is 0 Å². The van der Waals surface area contributed by atoms with Gasteiger partial charge < -0.3 is 9.32 Å². The number of benzene rings is 10. The first-order valence-electron chi connectivity index (χ1n) is 22.5. The minimum atomic E-state index is -0.411. The molecule has 0 saturated heterocycles. The minimum Gasteiger partial charge on any atom is -0.455 e. The van der Waals surface area contributed by atoms with Crippen LogP contribution in [0.4, 0.5) is 17.1 Å². The number of para-hydroxylation sites is 2. The van der Waals surface area contributed by atoms with Gasteiger partial charge in [-0.1, -0.05) is 170 Å². The van der Waals surface area contributed by atoms with Crippen molar-refractivity contribution in [2.45, 2.75) is 0 Å². The van der Waals surface area contributed by atoms with Gasteiger partial charge in [-0.05, 0) is 97.1 Å². The van der Waals surface area contributed by atoms with E-state index in [-0.39, 0.29) is 46.7 Å². The molecule has 0 aliphatic rings. The monoisotopic (exact) mass is 721 g/mol. The van der Waals surface area contributed by atoms with Crippen LogP contribution < -0.4 is 4.90 Å². The van der Waals surface area contributed by atoms with E-state index in [9.17, 15) is 11.0 Å². The zero-order chi connectivity index (χ0) is 44.0. The summed E-state index contributed by atoms with van der Waals surface area (Å²) in [5.74, 6) is 0. The lowest BCUT2D eigenvalue weighted by Gasteiger charge is -2.28. The summed E-state index contributed by atoms with van der Waals surface area (Å²) < 4.78 is 84.1. The second-order valence-corrected chi connectivity index (χ2v) is 13.8. The van der Waals surface area contributed by atoms with E-state index in [1.54, 1.807) is 24.3 Å². The molecule has 2 nitrogen and oxygen atoms in total. The lowest BCUT2D eigenvalue weighted by molar-refractivity contribution is 0.673. The summed E-state index contributed by atoms with van der Waals surface area (Å²) in [6, 6.07) is 48.4. The van der Waals surface area contributed by atoms with Gasteiger partial charge in [0.25, 0.3) is 0 Å². The number of hydrogen-bond acceptors (Lipinski definition) is 2. The molecule has 1 aromatic heterocycles. The number of fused-ring (bicyclic) bond motifs is 7. The maximum absolute atomic E-state index is 9.79. The number of anilines is 3. The van der Waals surface area contributed by atoms with Crippen LogP contribution in [0.2, 0.25) is 0 Å². The Labute approximate surface area is 336 Å². The van der Waals surface area contributed by atoms with Crippen molar-refractivity contribution in [2.24, 2.45) is 0 Å². The minimum absolute atomic E-state index is 0.107. The fourth-order valence-corrected chi connectivity index (χ4v) is 8.02. The van der Waals surface area contributed by atoms with Crippen LogP contribution in [0.15, 0.2) is 217 Å². The van der Waals surface area contributed by atoms with Gasteiger partial charge >= 0.3 is 0 Å². The van der Waals surface area contributed by atoms with E-state index in [1.165, 1.54) is 4.90 Å². The molecule has 2 heteroatoms. The van der Waals surface area contributed by atoms with Crippen LogP contribution in [0.5, 0.6) is 0 Å². The van der Waals surface area contributed by atoms with Crippen molar-refractivity contribution >= 4 is 71.3 Å². The van der Waals surface area contributed by atoms with E-state index in [2.05, 4.69) is 0 Å². The van der Waals surface area contributed by atoms with Crippen molar-refractivity contribution in [1.29, 1.82) is 0 Å². The van der Waals surface area contributed by atoms with E-state index in [0.717, 1.165) is 48.7 Å². The smallest absolute Gasteiger partial charge is 0.143 e. The Morgan fingerprint density at radius 2 is 0.839 bits per heavy atom. The first-order chi connectivity index (χ1) is 31.1. The van der Waals surface area contributed by atoms with Gasteiger partial charge in [0.1, 0.15) is 11.2 Å². The summed E-state index contributed by atoms with van der Waals surface area (Å²) in [6.45, 7) is 0. The molecule has 0 saturated carbocycles. The van der Waals surface area contributed by atoms with Crippen LogP contribution in [-0.4, -0.2) is 0 Å². The third-order valence-corrected chi connectivity index (χ3v) is 10.6. The highest BCUT2D eigenvalue weighted by Crippen LogP contribution is 2.46. The van der Waals surface area contributed by atoms with E-state index in [0.29, 0.717) is 33.5 Å². The van der Waals surface area contributed by atoms with Crippen LogP contribution in [0.1, 0.15) is 11.0 Å². The van der Waals surface area contributed by atoms with Gasteiger partial charge in [0.2, 0.25) is 0 Å². The number of furan rings is 1. The molecule has 0 aliphatic carbocycles. The molecule has 0 amide bonds. The van der Waals surface area contributed by atoms with Gasteiger partial charge in [-0.15, -0.1) is 0 Å². The fraction of sp³-hybridized carbons (Fsp3) is 0. The number of hydrogen-bond donors (Lipinski definition) is 0. The number of nitrogens with zero attached hydrogens (tertiary/aromatic N) is 1. The van der Waals surface area contributed by atoms with Gasteiger partial charge in [0.05, 0.1) is 16.7 Å². The third-order valence-electron chi connectivity index (χ3n) is 10.6. The quantitative estimate of drug-likeness (QED) is 0.170. The van der Waals surface area contributed by atoms with E-state index in [1.807, 2.05) is 140 Å². The predicted molar refractivity (Wildman–Crippen MR) is 237 cm³/mol. The first kappa shape index (κ1) is 24.8. The lowest BCUT2D eigenvalue weighted by Crippen LogP contribution is -2.11. The van der Waals surface area contributed by atoms with Crippen LogP contribution in [0.25, 0.3) is 87.6 Å². The molecule has 11 aromatic rings. The lowest BCUT2D eigenvalue weighted by atomic mass is 9.94. The molecule has 0 N–H and O–H groups in total. The molecular weight excluding hydrogens is 679 g/mol. The largest absolute Gasteiger partial charge is 0.455 e. The summed E-state index contributed by atoms with van der Waals surface area (Å²) in [6.07, 6.45) is 0. The van der Waals surface area contributed by atoms with Crippen LogP contribution in [0.3, 0.4) is 0 Å². The van der Waals surface area contributed by atoms with Crippen molar-refractivity contribution in [2.75, 3.05) is 4.90 Å². The van der Waals surface area contributed by atoms with Gasteiger partial charge in [-0.25, -0.2) is 0 Å². The average Bonchev–Trinajstić information content (AvgIpc) is 3.71. The highest BCUT2D eigenvalue weighted by atomic mass is 16.3. The van der Waals surface area contributed by atoms with Gasteiger partial charge in [0.15, 0.2) is 0 Å². The second kappa shape index (κ2) is 13.2. The van der Waals surface area contributed by atoms with Crippen LogP contribution in [-0.2, 0) is 0 Å². The molecule has 0 fully saturated rings. The molecule has 56 heavy (non-hydrogen) atoms. The molecule has 10 aromatic carbocycles. The Morgan fingerprint density at radius 1 is 0.357 bits per heavy atom. The van der Waals surface area contributed by atoms with Gasteiger partial charge in [-0.2, -0.15) is 0 Å². The van der Waals surface area contributed by atoms with E-state index < -0.39 is 24.2 Å². The normalized spacial score (nSPS) is 13.6. The molecule has 0 spiro atoms. The van der Waals surface area contributed by atoms with Crippen molar-refractivity contribution < 1.29 is 15.4 Å². The second-order valence-electron chi connectivity index (χ2n) is 13.8. The summed E-state index contributed by atoms with van der Waals surface area (Å²) in [7, 11) is 0. The van der Waals surface area contributed by atoms with E-state index in [4.69, 9.17) is 4.42 Å².